The SMILES string of the molecule is CC=CCOCCCCNC. The minimum atomic E-state index is 0.760. The van der Waals surface area contributed by atoms with E-state index >= 15 is 0 Å². The van der Waals surface area contributed by atoms with E-state index < -0.39 is 0 Å². The fraction of sp³-hybridized carbons (Fsp3) is 0.778. The molecule has 1 N–H and O–H groups in total. The first kappa shape index (κ1) is 10.7. The van der Waals surface area contributed by atoms with Crippen molar-refractivity contribution in [2.45, 2.75) is 19.8 Å². The van der Waals surface area contributed by atoms with Crippen molar-refractivity contribution in [3.63, 3.8) is 0 Å². The summed E-state index contributed by atoms with van der Waals surface area (Å²) in [6.07, 6.45) is 6.39. The molecule has 11 heavy (non-hydrogen) atoms. The van der Waals surface area contributed by atoms with E-state index in [0.717, 1.165) is 26.2 Å². The van der Waals surface area contributed by atoms with E-state index in [1.807, 2.05) is 26.1 Å². The van der Waals surface area contributed by atoms with Crippen LogP contribution in [-0.2, 0) is 4.74 Å². The quantitative estimate of drug-likeness (QED) is 0.447. The molecule has 2 nitrogen and oxygen atoms in total. The van der Waals surface area contributed by atoms with Gasteiger partial charge in [-0.25, -0.2) is 0 Å². The van der Waals surface area contributed by atoms with E-state index in [9.17, 15) is 0 Å². The smallest absolute Gasteiger partial charge is 0.0647 e. The predicted octanol–water partition coefficient (Wildman–Crippen LogP) is 1.58. The van der Waals surface area contributed by atoms with Gasteiger partial charge in [0.05, 0.1) is 6.61 Å². The van der Waals surface area contributed by atoms with Gasteiger partial charge in [0.25, 0.3) is 0 Å². The van der Waals surface area contributed by atoms with Crippen LogP contribution in [0.15, 0.2) is 12.2 Å². The normalized spacial score (nSPS) is 11.1. The molecule has 0 saturated carbocycles. The first-order chi connectivity index (χ1) is 5.41. The number of rotatable bonds is 7. The van der Waals surface area contributed by atoms with Gasteiger partial charge in [-0.05, 0) is 33.4 Å². The molecule has 0 radical (unpaired) electrons. The lowest BCUT2D eigenvalue weighted by atomic mass is 10.3. The molecule has 0 aromatic carbocycles. The van der Waals surface area contributed by atoms with E-state index in [1.54, 1.807) is 0 Å². The standard InChI is InChI=1S/C9H19NO/c1-3-4-8-11-9-6-5-7-10-2/h3-4,10H,5-9H2,1-2H3. The largest absolute Gasteiger partial charge is 0.377 e. The van der Waals surface area contributed by atoms with Gasteiger partial charge < -0.3 is 10.1 Å². The van der Waals surface area contributed by atoms with Crippen LogP contribution in [0.5, 0.6) is 0 Å². The van der Waals surface area contributed by atoms with Crippen molar-refractivity contribution >= 4 is 0 Å². The summed E-state index contributed by atoms with van der Waals surface area (Å²) in [4.78, 5) is 0. The minimum Gasteiger partial charge on any atom is -0.377 e. The zero-order valence-corrected chi connectivity index (χ0v) is 7.60. The van der Waals surface area contributed by atoms with Gasteiger partial charge in [0.1, 0.15) is 0 Å². The molecule has 0 rings (SSSR count). The summed E-state index contributed by atoms with van der Waals surface area (Å²) in [5, 5.41) is 3.10. The molecule has 0 spiro atoms. The molecular weight excluding hydrogens is 138 g/mol. The van der Waals surface area contributed by atoms with Gasteiger partial charge in [-0.3, -0.25) is 0 Å². The fourth-order valence-electron chi connectivity index (χ4n) is 0.754. The van der Waals surface area contributed by atoms with Crippen molar-refractivity contribution < 1.29 is 4.74 Å². The molecule has 0 fully saturated rings. The number of hydrogen-bond acceptors (Lipinski definition) is 2. The molecule has 0 aliphatic rings. The summed E-state index contributed by atoms with van der Waals surface area (Å²) in [6, 6.07) is 0. The Balaban J connectivity index is 2.79. The minimum absolute atomic E-state index is 0.760. The molecular formula is C9H19NO. The van der Waals surface area contributed by atoms with Crippen LogP contribution in [0.1, 0.15) is 19.8 Å². The van der Waals surface area contributed by atoms with Crippen LogP contribution in [0.2, 0.25) is 0 Å². The average Bonchev–Trinajstić information content (AvgIpc) is 2.03. The molecule has 0 heterocycles. The lowest BCUT2D eigenvalue weighted by molar-refractivity contribution is 0.158. The second kappa shape index (κ2) is 9.66. The first-order valence-corrected chi connectivity index (χ1v) is 4.25. The van der Waals surface area contributed by atoms with Gasteiger partial charge in [-0.1, -0.05) is 12.2 Å². The Hall–Kier alpha value is -0.340. The number of allylic oxidation sites excluding steroid dienone is 1. The molecule has 66 valence electrons. The molecule has 0 saturated heterocycles. The van der Waals surface area contributed by atoms with Gasteiger partial charge in [0, 0.05) is 6.61 Å². The second-order valence-corrected chi connectivity index (χ2v) is 2.45. The Morgan fingerprint density at radius 3 is 2.82 bits per heavy atom. The van der Waals surface area contributed by atoms with Crippen molar-refractivity contribution in [1.29, 1.82) is 0 Å². The molecule has 2 heteroatoms. The summed E-state index contributed by atoms with van der Waals surface area (Å²) < 4.78 is 5.31. The van der Waals surface area contributed by atoms with Crippen molar-refractivity contribution in [2.24, 2.45) is 0 Å². The maximum Gasteiger partial charge on any atom is 0.0647 e. The summed E-state index contributed by atoms with van der Waals surface area (Å²) in [5.74, 6) is 0. The van der Waals surface area contributed by atoms with Gasteiger partial charge in [-0.15, -0.1) is 0 Å². The third kappa shape index (κ3) is 9.66. The highest BCUT2D eigenvalue weighted by Gasteiger charge is 1.85. The topological polar surface area (TPSA) is 21.3 Å². The van der Waals surface area contributed by atoms with Crippen LogP contribution in [0.25, 0.3) is 0 Å². The maximum absolute atomic E-state index is 5.31. The third-order valence-corrected chi connectivity index (χ3v) is 1.42. The van der Waals surface area contributed by atoms with Gasteiger partial charge in [0.15, 0.2) is 0 Å². The Labute approximate surface area is 69.6 Å². The Morgan fingerprint density at radius 2 is 2.18 bits per heavy atom. The Morgan fingerprint density at radius 1 is 1.36 bits per heavy atom. The lowest BCUT2D eigenvalue weighted by Gasteiger charge is -2.00. The number of nitrogens with one attached hydrogen (secondary N) is 1. The van der Waals surface area contributed by atoms with Gasteiger partial charge >= 0.3 is 0 Å². The summed E-state index contributed by atoms with van der Waals surface area (Å²) >= 11 is 0. The second-order valence-electron chi connectivity index (χ2n) is 2.45. The van der Waals surface area contributed by atoms with E-state index in [1.165, 1.54) is 6.42 Å². The van der Waals surface area contributed by atoms with Crippen molar-refractivity contribution in [3.8, 4) is 0 Å². The van der Waals surface area contributed by atoms with E-state index in [-0.39, 0.29) is 0 Å². The summed E-state index contributed by atoms with van der Waals surface area (Å²) in [5.41, 5.74) is 0. The molecule has 0 aliphatic carbocycles. The number of hydrogen-bond donors (Lipinski definition) is 1. The van der Waals surface area contributed by atoms with E-state index in [0.29, 0.717) is 0 Å². The molecule has 0 amide bonds. The van der Waals surface area contributed by atoms with E-state index in [4.69, 9.17) is 4.74 Å². The summed E-state index contributed by atoms with van der Waals surface area (Å²) in [6.45, 7) is 4.74. The zero-order valence-electron chi connectivity index (χ0n) is 7.60. The van der Waals surface area contributed by atoms with E-state index in [2.05, 4.69) is 5.32 Å². The Kier molecular flexibility index (Phi) is 9.36. The number of ether oxygens (including phenoxy) is 1. The van der Waals surface area contributed by atoms with Crippen LogP contribution in [0.3, 0.4) is 0 Å². The fourth-order valence-corrected chi connectivity index (χ4v) is 0.754. The first-order valence-electron chi connectivity index (χ1n) is 4.25. The molecule has 0 aromatic heterocycles. The van der Waals surface area contributed by atoms with Crippen LogP contribution >= 0.6 is 0 Å². The zero-order chi connectivity index (χ0) is 8.36. The summed E-state index contributed by atoms with van der Waals surface area (Å²) in [7, 11) is 1.97. The average molecular weight is 157 g/mol. The predicted molar refractivity (Wildman–Crippen MR) is 48.8 cm³/mol. The molecule has 0 unspecified atom stereocenters. The molecule has 0 bridgehead atoms. The highest BCUT2D eigenvalue weighted by molar-refractivity contribution is 4.75. The third-order valence-electron chi connectivity index (χ3n) is 1.42. The molecule has 0 aromatic rings. The van der Waals surface area contributed by atoms with Gasteiger partial charge in [-0.2, -0.15) is 0 Å². The van der Waals surface area contributed by atoms with Gasteiger partial charge in [0.2, 0.25) is 0 Å². The van der Waals surface area contributed by atoms with Crippen LogP contribution in [0, 0.1) is 0 Å². The molecule has 0 aliphatic heterocycles. The van der Waals surface area contributed by atoms with Crippen molar-refractivity contribution in [3.05, 3.63) is 12.2 Å². The highest BCUT2D eigenvalue weighted by Crippen LogP contribution is 1.88. The highest BCUT2D eigenvalue weighted by atomic mass is 16.5. The van der Waals surface area contributed by atoms with Crippen molar-refractivity contribution in [2.75, 3.05) is 26.8 Å². The lowest BCUT2D eigenvalue weighted by Crippen LogP contribution is -2.08. The Bertz CT molecular complexity index is 91.6. The monoisotopic (exact) mass is 157 g/mol. The van der Waals surface area contributed by atoms with Crippen molar-refractivity contribution in [1.82, 2.24) is 5.32 Å². The number of unbranched alkanes of at least 4 members (excludes halogenated alkanes) is 1. The maximum atomic E-state index is 5.31. The van der Waals surface area contributed by atoms with Crippen LogP contribution in [-0.4, -0.2) is 26.8 Å². The molecule has 0 atom stereocenters. The van der Waals surface area contributed by atoms with Crippen LogP contribution in [0.4, 0.5) is 0 Å². The van der Waals surface area contributed by atoms with Crippen LogP contribution < -0.4 is 5.32 Å².